The Kier molecular flexibility index (Phi) is 7.85. The Balaban J connectivity index is 2.09. The van der Waals surface area contributed by atoms with E-state index in [1.54, 1.807) is 7.11 Å². The molecule has 1 atom stereocenters. The summed E-state index contributed by atoms with van der Waals surface area (Å²) in [5, 5.41) is 13.7. The number of nitrogens with one attached hydrogen (secondary N) is 1. The predicted molar refractivity (Wildman–Crippen MR) is 102 cm³/mol. The van der Waals surface area contributed by atoms with Crippen molar-refractivity contribution in [3.8, 4) is 11.5 Å². The standard InChI is InChI=1S/C19H23Cl2NO3/c1-3-16(11-23)22-10-14-8-17(21)19(18(9-14)24-2)25-12-13-4-6-15(20)7-5-13/h4-9,16,22-23H,3,10-12H2,1-2H3. The van der Waals surface area contributed by atoms with Crippen LogP contribution in [0.15, 0.2) is 36.4 Å². The summed E-state index contributed by atoms with van der Waals surface area (Å²) in [5.41, 5.74) is 1.95. The number of aliphatic hydroxyl groups is 1. The van der Waals surface area contributed by atoms with Crippen LogP contribution in [-0.2, 0) is 13.2 Å². The SMILES string of the molecule is CCC(CO)NCc1cc(Cl)c(OCc2ccc(Cl)cc2)c(OC)c1. The lowest BCUT2D eigenvalue weighted by Crippen LogP contribution is -2.31. The number of ether oxygens (including phenoxy) is 2. The van der Waals surface area contributed by atoms with Gasteiger partial charge in [-0.15, -0.1) is 0 Å². The maximum atomic E-state index is 9.26. The van der Waals surface area contributed by atoms with Crippen LogP contribution in [0.2, 0.25) is 10.0 Å². The number of hydrogen-bond donors (Lipinski definition) is 2. The van der Waals surface area contributed by atoms with Gasteiger partial charge in [-0.05, 0) is 41.8 Å². The number of hydrogen-bond acceptors (Lipinski definition) is 4. The molecule has 0 amide bonds. The molecule has 136 valence electrons. The minimum absolute atomic E-state index is 0.0607. The van der Waals surface area contributed by atoms with E-state index in [0.717, 1.165) is 17.5 Å². The average Bonchev–Trinajstić information content (AvgIpc) is 2.62. The smallest absolute Gasteiger partial charge is 0.180 e. The Morgan fingerprint density at radius 3 is 2.44 bits per heavy atom. The van der Waals surface area contributed by atoms with Crippen LogP contribution in [-0.4, -0.2) is 24.9 Å². The third-order valence-corrected chi connectivity index (χ3v) is 4.43. The van der Waals surface area contributed by atoms with Gasteiger partial charge in [-0.1, -0.05) is 42.3 Å². The molecule has 0 aromatic heterocycles. The summed E-state index contributed by atoms with van der Waals surface area (Å²) in [6.07, 6.45) is 0.851. The van der Waals surface area contributed by atoms with Crippen LogP contribution in [0.5, 0.6) is 11.5 Å². The molecular formula is C19H23Cl2NO3. The van der Waals surface area contributed by atoms with E-state index in [2.05, 4.69) is 5.32 Å². The molecule has 0 aliphatic carbocycles. The van der Waals surface area contributed by atoms with E-state index in [1.165, 1.54) is 0 Å². The Labute approximate surface area is 158 Å². The summed E-state index contributed by atoms with van der Waals surface area (Å²) in [5.74, 6) is 1.09. The summed E-state index contributed by atoms with van der Waals surface area (Å²) < 4.78 is 11.3. The van der Waals surface area contributed by atoms with Gasteiger partial charge < -0.3 is 19.9 Å². The van der Waals surface area contributed by atoms with Gasteiger partial charge in [0.1, 0.15) is 6.61 Å². The van der Waals surface area contributed by atoms with Crippen LogP contribution in [0, 0.1) is 0 Å². The van der Waals surface area contributed by atoms with Crippen LogP contribution >= 0.6 is 23.2 Å². The van der Waals surface area contributed by atoms with Crippen molar-refractivity contribution in [2.75, 3.05) is 13.7 Å². The molecule has 0 aliphatic rings. The molecule has 0 aliphatic heterocycles. The van der Waals surface area contributed by atoms with Crippen LogP contribution < -0.4 is 14.8 Å². The fourth-order valence-electron chi connectivity index (χ4n) is 2.35. The molecule has 0 radical (unpaired) electrons. The summed E-state index contributed by atoms with van der Waals surface area (Å²) in [4.78, 5) is 0. The van der Waals surface area contributed by atoms with Crippen LogP contribution in [0.1, 0.15) is 24.5 Å². The molecule has 25 heavy (non-hydrogen) atoms. The number of methoxy groups -OCH3 is 1. The number of benzene rings is 2. The van der Waals surface area contributed by atoms with Crippen molar-refractivity contribution in [2.24, 2.45) is 0 Å². The molecule has 4 nitrogen and oxygen atoms in total. The second-order valence-electron chi connectivity index (χ2n) is 5.69. The van der Waals surface area contributed by atoms with Crippen molar-refractivity contribution < 1.29 is 14.6 Å². The molecule has 0 spiro atoms. The molecule has 2 aromatic rings. The molecule has 0 heterocycles. The van der Waals surface area contributed by atoms with Gasteiger partial charge in [0, 0.05) is 17.6 Å². The van der Waals surface area contributed by atoms with Crippen molar-refractivity contribution in [2.45, 2.75) is 32.5 Å². The van der Waals surface area contributed by atoms with Crippen LogP contribution in [0.4, 0.5) is 0 Å². The average molecular weight is 384 g/mol. The zero-order valence-corrected chi connectivity index (χ0v) is 15.9. The summed E-state index contributed by atoms with van der Waals surface area (Å²) in [6, 6.07) is 11.2. The molecule has 1 unspecified atom stereocenters. The maximum Gasteiger partial charge on any atom is 0.180 e. The minimum Gasteiger partial charge on any atom is -0.493 e. The summed E-state index contributed by atoms with van der Waals surface area (Å²) in [6.45, 7) is 3.08. The number of rotatable bonds is 9. The van der Waals surface area contributed by atoms with Crippen molar-refractivity contribution in [3.63, 3.8) is 0 Å². The topological polar surface area (TPSA) is 50.7 Å². The third kappa shape index (κ3) is 5.79. The highest BCUT2D eigenvalue weighted by Crippen LogP contribution is 2.37. The van der Waals surface area contributed by atoms with E-state index in [4.69, 9.17) is 32.7 Å². The molecule has 0 fully saturated rings. The van der Waals surface area contributed by atoms with Gasteiger partial charge in [-0.2, -0.15) is 0 Å². The first-order chi connectivity index (χ1) is 12.1. The predicted octanol–water partition coefficient (Wildman–Crippen LogP) is 4.44. The molecular weight excluding hydrogens is 361 g/mol. The Bertz CT molecular complexity index is 673. The molecule has 0 saturated heterocycles. The fourth-order valence-corrected chi connectivity index (χ4v) is 2.77. The van der Waals surface area contributed by atoms with E-state index in [-0.39, 0.29) is 12.6 Å². The molecule has 0 saturated carbocycles. The van der Waals surface area contributed by atoms with Gasteiger partial charge in [0.2, 0.25) is 0 Å². The van der Waals surface area contributed by atoms with Gasteiger partial charge in [0.05, 0.1) is 18.7 Å². The monoisotopic (exact) mass is 383 g/mol. The molecule has 2 aromatic carbocycles. The lowest BCUT2D eigenvalue weighted by atomic mass is 10.1. The van der Waals surface area contributed by atoms with Crippen LogP contribution in [0.3, 0.4) is 0 Å². The summed E-state index contributed by atoms with van der Waals surface area (Å²) >= 11 is 12.3. The van der Waals surface area contributed by atoms with Gasteiger partial charge in [0.15, 0.2) is 11.5 Å². The molecule has 2 N–H and O–H groups in total. The van der Waals surface area contributed by atoms with Crippen molar-refractivity contribution in [1.29, 1.82) is 0 Å². The number of aliphatic hydroxyl groups excluding tert-OH is 1. The quantitative estimate of drug-likeness (QED) is 0.671. The first-order valence-electron chi connectivity index (χ1n) is 8.15. The molecule has 2 rings (SSSR count). The highest BCUT2D eigenvalue weighted by molar-refractivity contribution is 6.32. The van der Waals surface area contributed by atoms with Crippen molar-refractivity contribution in [1.82, 2.24) is 5.32 Å². The van der Waals surface area contributed by atoms with E-state index in [0.29, 0.717) is 34.7 Å². The maximum absolute atomic E-state index is 9.26. The highest BCUT2D eigenvalue weighted by Gasteiger charge is 2.13. The summed E-state index contributed by atoms with van der Waals surface area (Å²) in [7, 11) is 1.58. The van der Waals surface area contributed by atoms with Gasteiger partial charge >= 0.3 is 0 Å². The fraction of sp³-hybridized carbons (Fsp3) is 0.368. The van der Waals surface area contributed by atoms with Crippen molar-refractivity contribution >= 4 is 23.2 Å². The zero-order chi connectivity index (χ0) is 18.2. The highest BCUT2D eigenvalue weighted by atomic mass is 35.5. The van der Waals surface area contributed by atoms with E-state index >= 15 is 0 Å². The first kappa shape index (κ1) is 19.9. The molecule has 0 bridgehead atoms. The Hall–Kier alpha value is -1.46. The van der Waals surface area contributed by atoms with Gasteiger partial charge in [0.25, 0.3) is 0 Å². The van der Waals surface area contributed by atoms with Crippen molar-refractivity contribution in [3.05, 3.63) is 57.6 Å². The minimum atomic E-state index is 0.0607. The zero-order valence-electron chi connectivity index (χ0n) is 14.4. The third-order valence-electron chi connectivity index (χ3n) is 3.89. The second-order valence-corrected chi connectivity index (χ2v) is 6.54. The van der Waals surface area contributed by atoms with E-state index in [9.17, 15) is 5.11 Å². The van der Waals surface area contributed by atoms with E-state index < -0.39 is 0 Å². The van der Waals surface area contributed by atoms with Crippen LogP contribution in [0.25, 0.3) is 0 Å². The lowest BCUT2D eigenvalue weighted by Gasteiger charge is -2.17. The van der Waals surface area contributed by atoms with Gasteiger partial charge in [-0.3, -0.25) is 0 Å². The lowest BCUT2D eigenvalue weighted by molar-refractivity contribution is 0.238. The largest absolute Gasteiger partial charge is 0.493 e. The second kappa shape index (κ2) is 9.88. The van der Waals surface area contributed by atoms with Gasteiger partial charge in [-0.25, -0.2) is 0 Å². The van der Waals surface area contributed by atoms with E-state index in [1.807, 2.05) is 43.3 Å². The Morgan fingerprint density at radius 1 is 1.12 bits per heavy atom. The Morgan fingerprint density at radius 2 is 1.84 bits per heavy atom. The molecule has 6 heteroatoms. The number of halogens is 2. The first-order valence-corrected chi connectivity index (χ1v) is 8.90. The normalized spacial score (nSPS) is 12.0.